The summed E-state index contributed by atoms with van der Waals surface area (Å²) in [6, 6.07) is 2.87. The van der Waals surface area contributed by atoms with Gasteiger partial charge in [-0.3, -0.25) is 14.3 Å². The average molecular weight is 451 g/mol. The molecule has 0 spiro atoms. The fraction of sp³-hybridized carbons (Fsp3) is 0.357. The quantitative estimate of drug-likeness (QED) is 0.517. The van der Waals surface area contributed by atoms with Gasteiger partial charge in [-0.15, -0.1) is 0 Å². The highest BCUT2D eigenvalue weighted by Gasteiger charge is 2.75. The lowest BCUT2D eigenvalue weighted by Crippen LogP contribution is -2.59. The monoisotopic (exact) mass is 451 g/mol. The molecule has 0 amide bonds. The predicted molar refractivity (Wildman–Crippen MR) is 81.6 cm³/mol. The molecule has 160 valence electrons. The Labute approximate surface area is 158 Å². The van der Waals surface area contributed by atoms with Crippen molar-refractivity contribution in [1.29, 1.82) is 0 Å². The summed E-state index contributed by atoms with van der Waals surface area (Å²) in [5, 5.41) is 0. The van der Waals surface area contributed by atoms with E-state index in [9.17, 15) is 44.1 Å². The van der Waals surface area contributed by atoms with Gasteiger partial charge in [0.2, 0.25) is 0 Å². The number of halogens is 8. The molecule has 0 aliphatic carbocycles. The van der Waals surface area contributed by atoms with Crippen LogP contribution in [0.5, 0.6) is 0 Å². The second kappa shape index (κ2) is 7.78. The zero-order valence-electron chi connectivity index (χ0n) is 13.7. The lowest BCUT2D eigenvalue weighted by molar-refractivity contribution is -0.341. The minimum atomic E-state index is -6.48. The third kappa shape index (κ3) is 4.14. The van der Waals surface area contributed by atoms with Crippen LogP contribution in [0.2, 0.25) is 0 Å². The van der Waals surface area contributed by atoms with Gasteiger partial charge in [0.25, 0.3) is 5.56 Å². The van der Waals surface area contributed by atoms with Crippen LogP contribution in [0.25, 0.3) is 11.4 Å². The van der Waals surface area contributed by atoms with Gasteiger partial charge in [-0.05, 0) is 12.1 Å². The highest BCUT2D eigenvalue weighted by molar-refractivity contribution is 7.79. The van der Waals surface area contributed by atoms with Crippen LogP contribution in [0, 0.1) is 0 Å². The smallest absolute Gasteiger partial charge is 0.302 e. The largest absolute Gasteiger partial charge is 0.379 e. The van der Waals surface area contributed by atoms with Crippen molar-refractivity contribution < 1.29 is 43.9 Å². The highest BCUT2D eigenvalue weighted by Crippen LogP contribution is 2.48. The molecule has 0 radical (unpaired) electrons. The summed E-state index contributed by atoms with van der Waals surface area (Å²) < 4.78 is 124. The second-order valence-electron chi connectivity index (χ2n) is 5.54. The number of nitrogens with zero attached hydrogens (tertiary/aromatic N) is 3. The van der Waals surface area contributed by atoms with E-state index in [2.05, 4.69) is 9.97 Å². The molecule has 0 saturated carbocycles. The third-order valence-corrected chi connectivity index (χ3v) is 4.31. The molecule has 6 nitrogen and oxygen atoms in total. The van der Waals surface area contributed by atoms with Crippen molar-refractivity contribution >= 4 is 11.1 Å². The van der Waals surface area contributed by atoms with Crippen LogP contribution in [-0.2, 0) is 17.6 Å². The number of pyridine rings is 1. The first kappa shape index (κ1) is 22.9. The Morgan fingerprint density at radius 3 is 2.28 bits per heavy atom. The van der Waals surface area contributed by atoms with Crippen LogP contribution in [0.4, 0.5) is 35.1 Å². The molecule has 0 bridgehead atoms. The summed E-state index contributed by atoms with van der Waals surface area (Å²) in [6.45, 7) is -2.38. The van der Waals surface area contributed by atoms with Gasteiger partial charge in [0.15, 0.2) is 11.1 Å². The van der Waals surface area contributed by atoms with Gasteiger partial charge >= 0.3 is 24.2 Å². The van der Waals surface area contributed by atoms with Gasteiger partial charge in [0.1, 0.15) is 5.69 Å². The second-order valence-corrected chi connectivity index (χ2v) is 6.48. The molecule has 29 heavy (non-hydrogen) atoms. The van der Waals surface area contributed by atoms with Crippen molar-refractivity contribution in [3.05, 3.63) is 41.1 Å². The predicted octanol–water partition coefficient (Wildman–Crippen LogP) is 3.06. The zero-order valence-corrected chi connectivity index (χ0v) is 14.5. The number of hydrogen-bond donors (Lipinski definition) is 1. The Hall–Kier alpha value is -2.42. The minimum absolute atomic E-state index is 0.197. The molecule has 15 heteroatoms. The number of hydrogen-bond acceptors (Lipinski definition) is 4. The molecule has 0 fully saturated rings. The van der Waals surface area contributed by atoms with Crippen LogP contribution < -0.4 is 5.56 Å². The Bertz CT molecular complexity index is 983. The Morgan fingerprint density at radius 2 is 1.76 bits per heavy atom. The minimum Gasteiger partial charge on any atom is -0.302 e. The number of rotatable bonds is 7. The van der Waals surface area contributed by atoms with Crippen molar-refractivity contribution in [2.75, 3.05) is 0 Å². The van der Waals surface area contributed by atoms with E-state index in [1.807, 2.05) is 0 Å². The van der Waals surface area contributed by atoms with Gasteiger partial charge in [-0.25, -0.2) is 18.0 Å². The summed E-state index contributed by atoms with van der Waals surface area (Å²) in [7, 11) is 0. The molecule has 0 aromatic carbocycles. The maximum Gasteiger partial charge on any atom is 0.379 e. The fourth-order valence-corrected chi connectivity index (χ4v) is 2.61. The lowest BCUT2D eigenvalue weighted by atomic mass is 10.0. The normalized spacial score (nSPS) is 14.3. The third-order valence-electron chi connectivity index (χ3n) is 3.60. The van der Waals surface area contributed by atoms with Crippen molar-refractivity contribution in [3.8, 4) is 11.4 Å². The summed E-state index contributed by atoms with van der Waals surface area (Å²) in [5.41, 5.74) is -2.16. The van der Waals surface area contributed by atoms with E-state index in [-0.39, 0.29) is 21.5 Å². The molecule has 2 aromatic heterocycles. The maximum atomic E-state index is 13.7. The van der Waals surface area contributed by atoms with E-state index in [1.165, 1.54) is 6.07 Å². The van der Waals surface area contributed by atoms with E-state index in [1.54, 1.807) is 0 Å². The SMILES string of the molecule is O=c1cc(-c2ncccc2S(=O)O)ncn1CC(F)(F)C(F)(F)C(F)(F)C(F)F. The Kier molecular flexibility index (Phi) is 6.13. The van der Waals surface area contributed by atoms with Crippen molar-refractivity contribution in [1.82, 2.24) is 14.5 Å². The lowest BCUT2D eigenvalue weighted by Gasteiger charge is -2.32. The number of aromatic nitrogens is 3. The topological polar surface area (TPSA) is 85.1 Å². The first-order valence-electron chi connectivity index (χ1n) is 7.26. The van der Waals surface area contributed by atoms with Gasteiger partial charge in [-0.1, -0.05) is 0 Å². The first-order chi connectivity index (χ1) is 13.2. The van der Waals surface area contributed by atoms with Gasteiger partial charge in [-0.2, -0.15) is 26.3 Å². The van der Waals surface area contributed by atoms with E-state index >= 15 is 0 Å². The summed E-state index contributed by atoms with van der Waals surface area (Å²) >= 11 is -2.58. The average Bonchev–Trinajstić information content (AvgIpc) is 2.62. The molecule has 1 atom stereocenters. The van der Waals surface area contributed by atoms with Gasteiger partial charge < -0.3 is 4.55 Å². The van der Waals surface area contributed by atoms with Crippen LogP contribution in [0.1, 0.15) is 0 Å². The summed E-state index contributed by atoms with van der Waals surface area (Å²) in [6.07, 6.45) is -3.68. The van der Waals surface area contributed by atoms with Gasteiger partial charge in [0, 0.05) is 12.3 Å². The molecule has 0 aliphatic rings. The molecule has 2 aromatic rings. The molecule has 2 heterocycles. The molecule has 1 N–H and O–H groups in total. The van der Waals surface area contributed by atoms with E-state index in [0.717, 1.165) is 12.3 Å². The molecule has 0 aliphatic heterocycles. The van der Waals surface area contributed by atoms with Gasteiger partial charge in [0.05, 0.1) is 23.5 Å². The Balaban J connectivity index is 2.42. The molecule has 2 rings (SSSR count). The molecular weight excluding hydrogens is 442 g/mol. The van der Waals surface area contributed by atoms with E-state index in [0.29, 0.717) is 6.07 Å². The van der Waals surface area contributed by atoms with Crippen molar-refractivity contribution in [3.63, 3.8) is 0 Å². The van der Waals surface area contributed by atoms with Crippen molar-refractivity contribution in [2.24, 2.45) is 0 Å². The summed E-state index contributed by atoms with van der Waals surface area (Å²) in [4.78, 5) is 18.8. The maximum absolute atomic E-state index is 13.7. The van der Waals surface area contributed by atoms with Crippen LogP contribution >= 0.6 is 0 Å². The highest BCUT2D eigenvalue weighted by atomic mass is 32.2. The van der Waals surface area contributed by atoms with Crippen LogP contribution in [-0.4, -0.2) is 47.5 Å². The summed E-state index contributed by atoms with van der Waals surface area (Å²) in [5.74, 6) is -18.6. The first-order valence-corrected chi connectivity index (χ1v) is 8.37. The standard InChI is InChI=1S/C14H9F8N3O3S/c15-11(16)13(19,20)14(21,22)12(17,18)5-25-6-24-7(4-9(25)26)10-8(29(27)28)2-1-3-23-10/h1-4,6,11H,5H2,(H,27,28). The molecule has 0 saturated heterocycles. The van der Waals surface area contributed by atoms with Crippen molar-refractivity contribution in [2.45, 2.75) is 35.6 Å². The molecule has 1 unspecified atom stereocenters. The number of alkyl halides is 8. The van der Waals surface area contributed by atoms with E-state index < -0.39 is 53.1 Å². The zero-order chi connectivity index (χ0) is 22.2. The fourth-order valence-electron chi connectivity index (χ4n) is 2.09. The van der Waals surface area contributed by atoms with Crippen LogP contribution in [0.15, 0.2) is 40.4 Å². The Morgan fingerprint density at radius 1 is 1.14 bits per heavy atom. The van der Waals surface area contributed by atoms with E-state index in [4.69, 9.17) is 4.55 Å². The molecular formula is C14H9F8N3O3S. The van der Waals surface area contributed by atoms with Crippen LogP contribution in [0.3, 0.4) is 0 Å².